The number of carbonyl (C=O) groups excluding carboxylic acids is 1. The third-order valence-corrected chi connectivity index (χ3v) is 2.38. The van der Waals surface area contributed by atoms with E-state index in [4.69, 9.17) is 0 Å². The third-order valence-electron chi connectivity index (χ3n) is 2.38. The Morgan fingerprint density at radius 3 is 2.11 bits per heavy atom. The predicted octanol–water partition coefficient (Wildman–Crippen LogP) is 3.72. The lowest BCUT2D eigenvalue weighted by Gasteiger charge is -2.05. The van der Waals surface area contributed by atoms with Crippen LogP contribution >= 0.6 is 0 Å². The molecule has 2 aromatic carbocycles. The van der Waals surface area contributed by atoms with E-state index in [2.05, 4.69) is 0 Å². The van der Waals surface area contributed by atoms with Crippen molar-refractivity contribution in [3.63, 3.8) is 0 Å². The normalized spacial score (nSPS) is 10.4. The molecule has 0 unspecified atom stereocenters. The maximum Gasteiger partial charge on any atom is 0.161 e. The van der Waals surface area contributed by atoms with E-state index in [1.165, 1.54) is 6.07 Å². The van der Waals surface area contributed by atoms with Gasteiger partial charge >= 0.3 is 0 Å². The molecule has 0 bridgehead atoms. The molecule has 0 saturated carbocycles. The zero-order valence-corrected chi connectivity index (χ0v) is 8.88. The van der Waals surface area contributed by atoms with Crippen LogP contribution in [0.3, 0.4) is 0 Å². The summed E-state index contributed by atoms with van der Waals surface area (Å²) >= 11 is 0. The molecule has 0 atom stereocenters. The SMILES string of the molecule is O=Cc1cc(F)cc(-c2cc(F)c(F)cc2F)c1. The number of aldehydes is 1. The fourth-order valence-corrected chi connectivity index (χ4v) is 1.58. The number of benzene rings is 2. The molecule has 0 aliphatic heterocycles. The van der Waals surface area contributed by atoms with E-state index >= 15 is 0 Å². The van der Waals surface area contributed by atoms with Crippen molar-refractivity contribution in [2.45, 2.75) is 0 Å². The Balaban J connectivity index is 2.65. The number of carbonyl (C=O) groups is 1. The van der Waals surface area contributed by atoms with Crippen molar-refractivity contribution in [1.29, 1.82) is 0 Å². The Kier molecular flexibility index (Phi) is 3.14. The van der Waals surface area contributed by atoms with E-state index in [9.17, 15) is 22.4 Å². The van der Waals surface area contributed by atoms with Crippen LogP contribution < -0.4 is 0 Å². The maximum absolute atomic E-state index is 13.5. The highest BCUT2D eigenvalue weighted by atomic mass is 19.2. The first-order valence-electron chi connectivity index (χ1n) is 4.92. The summed E-state index contributed by atoms with van der Waals surface area (Å²) in [5.74, 6) is -4.37. The van der Waals surface area contributed by atoms with Gasteiger partial charge in [0.2, 0.25) is 0 Å². The molecule has 0 aliphatic rings. The van der Waals surface area contributed by atoms with Crippen LogP contribution in [0.2, 0.25) is 0 Å². The van der Waals surface area contributed by atoms with Gasteiger partial charge in [0.25, 0.3) is 0 Å². The van der Waals surface area contributed by atoms with E-state index in [0.717, 1.165) is 12.1 Å². The Labute approximate surface area is 99.7 Å². The van der Waals surface area contributed by atoms with E-state index in [1.807, 2.05) is 0 Å². The molecular formula is C13H6F4O. The molecule has 0 fully saturated rings. The van der Waals surface area contributed by atoms with Crippen LogP contribution in [-0.4, -0.2) is 6.29 Å². The highest BCUT2D eigenvalue weighted by Crippen LogP contribution is 2.26. The zero-order chi connectivity index (χ0) is 13.3. The Hall–Kier alpha value is -2.17. The number of hydrogen-bond donors (Lipinski definition) is 0. The van der Waals surface area contributed by atoms with Crippen LogP contribution in [0, 0.1) is 23.3 Å². The summed E-state index contributed by atoms with van der Waals surface area (Å²) in [4.78, 5) is 10.6. The minimum absolute atomic E-state index is 0.0193. The summed E-state index contributed by atoms with van der Waals surface area (Å²) in [5.41, 5.74) is -0.362. The Bertz CT molecular complexity index is 623. The molecule has 0 saturated heterocycles. The van der Waals surface area contributed by atoms with Crippen molar-refractivity contribution in [3.8, 4) is 11.1 Å². The molecule has 2 aromatic rings. The van der Waals surface area contributed by atoms with Crippen LogP contribution in [0.5, 0.6) is 0 Å². The van der Waals surface area contributed by atoms with Crippen molar-refractivity contribution >= 4 is 6.29 Å². The minimum Gasteiger partial charge on any atom is -0.298 e. The van der Waals surface area contributed by atoms with Crippen LogP contribution in [0.15, 0.2) is 30.3 Å². The predicted molar refractivity (Wildman–Crippen MR) is 57.1 cm³/mol. The summed E-state index contributed by atoms with van der Waals surface area (Å²) in [6.07, 6.45) is 0.379. The standard InChI is InChI=1S/C13H6F4O/c14-9-2-7(6-18)1-8(3-9)10-4-12(16)13(17)5-11(10)15/h1-6H. The van der Waals surface area contributed by atoms with Gasteiger partial charge in [0.1, 0.15) is 17.9 Å². The molecule has 0 aromatic heterocycles. The second kappa shape index (κ2) is 4.60. The first-order valence-corrected chi connectivity index (χ1v) is 4.92. The lowest BCUT2D eigenvalue weighted by molar-refractivity contribution is 0.112. The molecule has 0 spiro atoms. The number of rotatable bonds is 2. The van der Waals surface area contributed by atoms with Crippen molar-refractivity contribution in [2.24, 2.45) is 0 Å². The van der Waals surface area contributed by atoms with Gasteiger partial charge in [-0.1, -0.05) is 0 Å². The smallest absolute Gasteiger partial charge is 0.161 e. The van der Waals surface area contributed by atoms with E-state index in [0.29, 0.717) is 18.4 Å². The summed E-state index contributed by atoms with van der Waals surface area (Å²) < 4.78 is 52.4. The van der Waals surface area contributed by atoms with Gasteiger partial charge in [-0.15, -0.1) is 0 Å². The second-order valence-corrected chi connectivity index (χ2v) is 3.64. The molecule has 0 N–H and O–H groups in total. The van der Waals surface area contributed by atoms with Crippen molar-refractivity contribution in [3.05, 3.63) is 59.2 Å². The zero-order valence-electron chi connectivity index (χ0n) is 8.88. The Morgan fingerprint density at radius 2 is 1.44 bits per heavy atom. The van der Waals surface area contributed by atoms with E-state index in [-0.39, 0.29) is 16.7 Å². The summed E-state index contributed by atoms with van der Waals surface area (Å²) in [7, 11) is 0. The minimum atomic E-state index is -1.33. The molecule has 92 valence electrons. The number of halogens is 4. The highest BCUT2D eigenvalue weighted by molar-refractivity contribution is 5.79. The molecule has 0 aliphatic carbocycles. The van der Waals surface area contributed by atoms with Crippen LogP contribution in [0.1, 0.15) is 10.4 Å². The maximum atomic E-state index is 13.5. The molecule has 0 heterocycles. The average molecular weight is 254 g/mol. The van der Waals surface area contributed by atoms with Crippen LogP contribution in [-0.2, 0) is 0 Å². The molecule has 2 rings (SSSR count). The molecule has 0 radical (unpaired) electrons. The van der Waals surface area contributed by atoms with Gasteiger partial charge in [0, 0.05) is 17.2 Å². The average Bonchev–Trinajstić information content (AvgIpc) is 2.33. The van der Waals surface area contributed by atoms with Gasteiger partial charge < -0.3 is 0 Å². The number of hydrogen-bond acceptors (Lipinski definition) is 1. The fourth-order valence-electron chi connectivity index (χ4n) is 1.58. The monoisotopic (exact) mass is 254 g/mol. The summed E-state index contributed by atoms with van der Waals surface area (Å²) in [5, 5.41) is 0. The van der Waals surface area contributed by atoms with Gasteiger partial charge in [-0.05, 0) is 29.8 Å². The van der Waals surface area contributed by atoms with Crippen molar-refractivity contribution in [1.82, 2.24) is 0 Å². The van der Waals surface area contributed by atoms with Crippen LogP contribution in [0.25, 0.3) is 11.1 Å². The molecular weight excluding hydrogens is 248 g/mol. The highest BCUT2D eigenvalue weighted by Gasteiger charge is 2.12. The first kappa shape index (κ1) is 12.3. The topological polar surface area (TPSA) is 17.1 Å². The quantitative estimate of drug-likeness (QED) is 0.453. The molecule has 1 nitrogen and oxygen atoms in total. The van der Waals surface area contributed by atoms with Crippen LogP contribution in [0.4, 0.5) is 17.6 Å². The molecule has 5 heteroatoms. The molecule has 18 heavy (non-hydrogen) atoms. The van der Waals surface area contributed by atoms with E-state index < -0.39 is 23.3 Å². The van der Waals surface area contributed by atoms with Gasteiger partial charge in [0.05, 0.1) is 0 Å². The van der Waals surface area contributed by atoms with Gasteiger partial charge in [-0.2, -0.15) is 0 Å². The summed E-state index contributed by atoms with van der Waals surface area (Å²) in [6, 6.07) is 4.06. The molecule has 0 amide bonds. The van der Waals surface area contributed by atoms with Crippen molar-refractivity contribution in [2.75, 3.05) is 0 Å². The fraction of sp³-hybridized carbons (Fsp3) is 0. The lowest BCUT2D eigenvalue weighted by Crippen LogP contribution is -1.93. The summed E-state index contributed by atoms with van der Waals surface area (Å²) in [6.45, 7) is 0. The van der Waals surface area contributed by atoms with Gasteiger partial charge in [-0.25, -0.2) is 17.6 Å². The Morgan fingerprint density at radius 1 is 0.778 bits per heavy atom. The van der Waals surface area contributed by atoms with E-state index in [1.54, 1.807) is 0 Å². The van der Waals surface area contributed by atoms with Gasteiger partial charge in [0.15, 0.2) is 11.6 Å². The largest absolute Gasteiger partial charge is 0.298 e. The third kappa shape index (κ3) is 2.25. The van der Waals surface area contributed by atoms with Crippen molar-refractivity contribution < 1.29 is 22.4 Å². The lowest BCUT2D eigenvalue weighted by atomic mass is 10.0. The van der Waals surface area contributed by atoms with Gasteiger partial charge in [-0.3, -0.25) is 4.79 Å². The first-order chi connectivity index (χ1) is 8.51. The second-order valence-electron chi connectivity index (χ2n) is 3.64.